The first-order chi connectivity index (χ1) is 9.41. The maximum atomic E-state index is 11.9. The highest BCUT2D eigenvalue weighted by molar-refractivity contribution is 7.89. The van der Waals surface area contributed by atoms with Gasteiger partial charge in [-0.25, -0.2) is 13.1 Å². The van der Waals surface area contributed by atoms with Gasteiger partial charge in [-0.2, -0.15) is 0 Å². The molecule has 2 rings (SSSR count). The molecular weight excluding hydrogens is 298 g/mol. The maximum Gasteiger partial charge on any atom is 0.240 e. The van der Waals surface area contributed by atoms with Gasteiger partial charge in [0.05, 0.1) is 4.90 Å². The van der Waals surface area contributed by atoms with Gasteiger partial charge in [0.1, 0.15) is 5.60 Å². The second-order valence-electron chi connectivity index (χ2n) is 4.79. The van der Waals surface area contributed by atoms with Crippen LogP contribution in [0.15, 0.2) is 29.2 Å². The lowest BCUT2D eigenvalue weighted by Crippen LogP contribution is -2.34. The molecule has 1 saturated carbocycles. The number of hydrogen-bond acceptors (Lipinski definition) is 3. The van der Waals surface area contributed by atoms with Gasteiger partial charge in [-0.05, 0) is 43.5 Å². The van der Waals surface area contributed by atoms with Crippen LogP contribution in [0.5, 0.6) is 0 Å². The number of rotatable bonds is 4. The van der Waals surface area contributed by atoms with Gasteiger partial charge >= 0.3 is 0 Å². The van der Waals surface area contributed by atoms with Crippen molar-refractivity contribution >= 4 is 21.6 Å². The Morgan fingerprint density at radius 3 is 2.50 bits per heavy atom. The van der Waals surface area contributed by atoms with E-state index in [1.165, 1.54) is 24.3 Å². The molecule has 0 unspecified atom stereocenters. The van der Waals surface area contributed by atoms with Crippen LogP contribution in [0.2, 0.25) is 5.02 Å². The number of sulfonamides is 1. The Hall–Kier alpha value is -1.06. The summed E-state index contributed by atoms with van der Waals surface area (Å²) in [7, 11) is -3.52. The number of aliphatic hydroxyl groups is 1. The molecule has 0 aliphatic heterocycles. The van der Waals surface area contributed by atoms with Gasteiger partial charge in [-0.3, -0.25) is 0 Å². The van der Waals surface area contributed by atoms with Crippen molar-refractivity contribution in [1.82, 2.24) is 4.72 Å². The van der Waals surface area contributed by atoms with Crippen LogP contribution in [0.25, 0.3) is 0 Å². The third kappa shape index (κ3) is 3.97. The Morgan fingerprint density at radius 2 is 1.95 bits per heavy atom. The van der Waals surface area contributed by atoms with Gasteiger partial charge in [-0.15, -0.1) is 0 Å². The van der Waals surface area contributed by atoms with Crippen molar-refractivity contribution in [3.63, 3.8) is 0 Å². The predicted octanol–water partition coefficient (Wildman–Crippen LogP) is 1.93. The van der Waals surface area contributed by atoms with Crippen molar-refractivity contribution in [1.29, 1.82) is 0 Å². The minimum absolute atomic E-state index is 0.174. The molecule has 0 amide bonds. The van der Waals surface area contributed by atoms with E-state index in [1.54, 1.807) is 0 Å². The van der Waals surface area contributed by atoms with E-state index in [0.717, 1.165) is 6.42 Å². The molecule has 2 N–H and O–H groups in total. The lowest BCUT2D eigenvalue weighted by molar-refractivity contribution is 0.0239. The first-order valence-electron chi connectivity index (χ1n) is 6.39. The molecule has 0 bridgehead atoms. The summed E-state index contributed by atoms with van der Waals surface area (Å²) >= 11 is 5.71. The topological polar surface area (TPSA) is 66.4 Å². The van der Waals surface area contributed by atoms with Crippen molar-refractivity contribution in [3.05, 3.63) is 29.3 Å². The Kier molecular flexibility index (Phi) is 4.71. The first-order valence-corrected chi connectivity index (χ1v) is 8.25. The average molecular weight is 314 g/mol. The van der Waals surface area contributed by atoms with Crippen molar-refractivity contribution in [2.45, 2.75) is 36.2 Å². The monoisotopic (exact) mass is 313 g/mol. The fourth-order valence-corrected chi connectivity index (χ4v) is 2.97. The third-order valence-corrected chi connectivity index (χ3v) is 4.90. The number of hydrogen-bond donors (Lipinski definition) is 2. The summed E-state index contributed by atoms with van der Waals surface area (Å²) in [5.41, 5.74) is -0.838. The standard InChI is InChI=1S/C14H16ClNO3S/c15-12-4-6-13(7-5-12)20(18,19)16-11-2-1-8-14(17)9-3-10-14/h4-7,16-17H,2-3,9-11H2. The summed E-state index contributed by atoms with van der Waals surface area (Å²) < 4.78 is 26.3. The Labute approximate surface area is 124 Å². The summed E-state index contributed by atoms with van der Waals surface area (Å²) in [6, 6.07) is 5.96. The van der Waals surface area contributed by atoms with Gasteiger partial charge in [-0.1, -0.05) is 23.4 Å². The minimum Gasteiger partial charge on any atom is -0.378 e. The highest BCUT2D eigenvalue weighted by Crippen LogP contribution is 2.30. The molecule has 0 heterocycles. The van der Waals surface area contributed by atoms with Gasteiger partial charge in [0.25, 0.3) is 0 Å². The molecule has 0 radical (unpaired) electrons. The molecular formula is C14H16ClNO3S. The number of benzene rings is 1. The molecule has 0 atom stereocenters. The Bertz CT molecular complexity index is 625. The number of halogens is 1. The van der Waals surface area contributed by atoms with Crippen LogP contribution in [0.4, 0.5) is 0 Å². The number of nitrogens with one attached hydrogen (secondary N) is 1. The predicted molar refractivity (Wildman–Crippen MR) is 77.8 cm³/mol. The van der Waals surface area contributed by atoms with Crippen LogP contribution < -0.4 is 4.72 Å². The van der Waals surface area contributed by atoms with E-state index in [0.29, 0.717) is 24.3 Å². The smallest absolute Gasteiger partial charge is 0.240 e. The summed E-state index contributed by atoms with van der Waals surface area (Å²) in [6.45, 7) is 0.216. The summed E-state index contributed by atoms with van der Waals surface area (Å²) in [4.78, 5) is 0.174. The molecule has 20 heavy (non-hydrogen) atoms. The normalized spacial score (nSPS) is 16.9. The largest absolute Gasteiger partial charge is 0.378 e. The van der Waals surface area contributed by atoms with Gasteiger partial charge in [0, 0.05) is 18.0 Å². The van der Waals surface area contributed by atoms with Gasteiger partial charge in [0.2, 0.25) is 10.0 Å². The van der Waals surface area contributed by atoms with Crippen molar-refractivity contribution < 1.29 is 13.5 Å². The fraction of sp³-hybridized carbons (Fsp3) is 0.429. The highest BCUT2D eigenvalue weighted by atomic mass is 35.5. The zero-order valence-corrected chi connectivity index (χ0v) is 12.5. The Morgan fingerprint density at radius 1 is 1.30 bits per heavy atom. The molecule has 4 nitrogen and oxygen atoms in total. The highest BCUT2D eigenvalue weighted by Gasteiger charge is 2.31. The van der Waals surface area contributed by atoms with Crippen LogP contribution in [0, 0.1) is 11.8 Å². The second-order valence-corrected chi connectivity index (χ2v) is 6.99. The molecule has 1 aromatic carbocycles. The van der Waals surface area contributed by atoms with E-state index >= 15 is 0 Å². The van der Waals surface area contributed by atoms with Gasteiger partial charge in [0.15, 0.2) is 0 Å². The van der Waals surface area contributed by atoms with Crippen LogP contribution in [0.1, 0.15) is 25.7 Å². The molecule has 0 aromatic heterocycles. The van der Waals surface area contributed by atoms with E-state index in [2.05, 4.69) is 16.6 Å². The minimum atomic E-state index is -3.52. The molecule has 108 valence electrons. The quantitative estimate of drug-likeness (QED) is 0.659. The lowest BCUT2D eigenvalue weighted by atomic mass is 9.81. The summed E-state index contributed by atoms with van der Waals surface area (Å²) in [5.74, 6) is 5.60. The first kappa shape index (κ1) is 15.3. The fourth-order valence-electron chi connectivity index (χ4n) is 1.81. The van der Waals surface area contributed by atoms with E-state index in [-0.39, 0.29) is 11.4 Å². The van der Waals surface area contributed by atoms with Crippen LogP contribution in [-0.2, 0) is 10.0 Å². The molecule has 0 spiro atoms. The molecule has 1 aliphatic carbocycles. The van der Waals surface area contributed by atoms with E-state index in [4.69, 9.17) is 11.6 Å². The van der Waals surface area contributed by atoms with Crippen molar-refractivity contribution in [2.24, 2.45) is 0 Å². The summed E-state index contributed by atoms with van der Waals surface area (Å²) in [6.07, 6.45) is 2.77. The lowest BCUT2D eigenvalue weighted by Gasteiger charge is -2.30. The molecule has 1 aromatic rings. The Balaban J connectivity index is 1.85. The molecule has 1 aliphatic rings. The van der Waals surface area contributed by atoms with E-state index in [9.17, 15) is 13.5 Å². The van der Waals surface area contributed by atoms with Gasteiger partial charge < -0.3 is 5.11 Å². The molecule has 1 fully saturated rings. The zero-order valence-electron chi connectivity index (χ0n) is 10.9. The van der Waals surface area contributed by atoms with Crippen LogP contribution in [0.3, 0.4) is 0 Å². The SMILES string of the molecule is O=S(=O)(NCCC#CC1(O)CCC1)c1ccc(Cl)cc1. The maximum absolute atomic E-state index is 11.9. The third-order valence-electron chi connectivity index (χ3n) is 3.17. The second kappa shape index (κ2) is 6.15. The molecule has 6 heteroatoms. The van der Waals surface area contributed by atoms with Crippen molar-refractivity contribution in [2.75, 3.05) is 6.54 Å². The molecule has 0 saturated heterocycles. The van der Waals surface area contributed by atoms with Crippen LogP contribution in [-0.4, -0.2) is 25.7 Å². The summed E-state index contributed by atoms with van der Waals surface area (Å²) in [5, 5.41) is 10.2. The van der Waals surface area contributed by atoms with Crippen LogP contribution >= 0.6 is 11.6 Å². The van der Waals surface area contributed by atoms with Crippen molar-refractivity contribution in [3.8, 4) is 11.8 Å². The average Bonchev–Trinajstić information content (AvgIpc) is 2.36. The van der Waals surface area contributed by atoms with E-state index < -0.39 is 15.6 Å². The van der Waals surface area contributed by atoms with E-state index in [1.807, 2.05) is 0 Å². The zero-order chi connectivity index (χ0) is 14.6.